The van der Waals surface area contributed by atoms with E-state index in [4.69, 9.17) is 15.6 Å². The molecule has 0 atom stereocenters. The van der Waals surface area contributed by atoms with Crippen LogP contribution in [0.1, 0.15) is 12.0 Å². The van der Waals surface area contributed by atoms with Crippen LogP contribution in [0.5, 0.6) is 0 Å². The average molecular weight is 224 g/mol. The number of ether oxygens (including phenoxy) is 1. The molecule has 0 fully saturated rings. The van der Waals surface area contributed by atoms with Gasteiger partial charge in [-0.1, -0.05) is 12.1 Å². The highest BCUT2D eigenvalue weighted by atomic mass is 16.5. The van der Waals surface area contributed by atoms with E-state index in [0.29, 0.717) is 13.2 Å². The minimum atomic E-state index is 0.0816. The first-order chi connectivity index (χ1) is 7.75. The van der Waals surface area contributed by atoms with Crippen molar-refractivity contribution in [2.75, 3.05) is 37.4 Å². The first-order valence-electron chi connectivity index (χ1n) is 5.53. The van der Waals surface area contributed by atoms with Crippen molar-refractivity contribution < 1.29 is 9.84 Å². The lowest BCUT2D eigenvalue weighted by Gasteiger charge is -2.10. The second kappa shape index (κ2) is 7.09. The van der Waals surface area contributed by atoms with E-state index in [1.54, 1.807) is 0 Å². The Morgan fingerprint density at radius 1 is 1.38 bits per heavy atom. The fourth-order valence-electron chi connectivity index (χ4n) is 1.40. The predicted octanol–water partition coefficient (Wildman–Crippen LogP) is 1.39. The first kappa shape index (κ1) is 12.8. The van der Waals surface area contributed by atoms with Gasteiger partial charge in [-0.25, -0.2) is 0 Å². The van der Waals surface area contributed by atoms with Crippen molar-refractivity contribution in [3.05, 3.63) is 23.8 Å². The molecule has 0 spiro atoms. The molecule has 1 rings (SSSR count). The largest absolute Gasteiger partial charge is 0.397 e. The van der Waals surface area contributed by atoms with Crippen LogP contribution in [0.15, 0.2) is 18.2 Å². The topological polar surface area (TPSA) is 67.5 Å². The van der Waals surface area contributed by atoms with Crippen molar-refractivity contribution in [2.24, 2.45) is 0 Å². The molecule has 0 aromatic heterocycles. The van der Waals surface area contributed by atoms with Crippen molar-refractivity contribution >= 4 is 11.4 Å². The number of hydrogen-bond donors (Lipinski definition) is 3. The standard InChI is InChI=1S/C12H20N2O2/c1-10-4-2-5-11(12(10)13)14-6-3-8-16-9-7-15/h2,4-5,14-15H,3,6-9,13H2,1H3. The smallest absolute Gasteiger partial charge is 0.0697 e. The van der Waals surface area contributed by atoms with E-state index in [2.05, 4.69) is 5.32 Å². The second-order valence-electron chi connectivity index (χ2n) is 3.65. The molecule has 0 aliphatic carbocycles. The van der Waals surface area contributed by atoms with Crippen molar-refractivity contribution in [1.82, 2.24) is 0 Å². The number of aryl methyl sites for hydroxylation is 1. The molecule has 4 heteroatoms. The Bertz CT molecular complexity index is 316. The highest BCUT2D eigenvalue weighted by Crippen LogP contribution is 2.21. The van der Waals surface area contributed by atoms with Gasteiger partial charge < -0.3 is 20.9 Å². The molecule has 0 aliphatic rings. The lowest BCUT2D eigenvalue weighted by Crippen LogP contribution is -2.09. The zero-order valence-electron chi connectivity index (χ0n) is 9.70. The van der Waals surface area contributed by atoms with E-state index < -0.39 is 0 Å². The zero-order chi connectivity index (χ0) is 11.8. The zero-order valence-corrected chi connectivity index (χ0v) is 9.70. The van der Waals surface area contributed by atoms with Crippen LogP contribution in [0.3, 0.4) is 0 Å². The number of nitrogens with one attached hydrogen (secondary N) is 1. The second-order valence-corrected chi connectivity index (χ2v) is 3.65. The van der Waals surface area contributed by atoms with E-state index in [9.17, 15) is 0 Å². The van der Waals surface area contributed by atoms with Crippen LogP contribution in [0.4, 0.5) is 11.4 Å². The Morgan fingerprint density at radius 2 is 2.19 bits per heavy atom. The number of nitrogens with two attached hydrogens (primary N) is 1. The fraction of sp³-hybridized carbons (Fsp3) is 0.500. The van der Waals surface area contributed by atoms with Gasteiger partial charge in [0.05, 0.1) is 24.6 Å². The lowest BCUT2D eigenvalue weighted by molar-refractivity contribution is 0.0922. The minimum absolute atomic E-state index is 0.0816. The first-order valence-corrected chi connectivity index (χ1v) is 5.53. The van der Waals surface area contributed by atoms with Gasteiger partial charge >= 0.3 is 0 Å². The van der Waals surface area contributed by atoms with Crippen LogP contribution in [-0.2, 0) is 4.74 Å². The summed E-state index contributed by atoms with van der Waals surface area (Å²) in [7, 11) is 0. The number of anilines is 2. The summed E-state index contributed by atoms with van der Waals surface area (Å²) in [5, 5.41) is 11.8. The maximum atomic E-state index is 8.51. The minimum Gasteiger partial charge on any atom is -0.397 e. The number of aliphatic hydroxyl groups excluding tert-OH is 1. The molecular formula is C12H20N2O2. The Hall–Kier alpha value is -1.26. The Morgan fingerprint density at radius 3 is 2.94 bits per heavy atom. The number of para-hydroxylation sites is 1. The van der Waals surface area contributed by atoms with Crippen LogP contribution in [0.25, 0.3) is 0 Å². The fourth-order valence-corrected chi connectivity index (χ4v) is 1.40. The van der Waals surface area contributed by atoms with Crippen molar-refractivity contribution in [3.63, 3.8) is 0 Å². The van der Waals surface area contributed by atoms with E-state index in [-0.39, 0.29) is 6.61 Å². The Balaban J connectivity index is 2.24. The molecule has 0 unspecified atom stereocenters. The monoisotopic (exact) mass is 224 g/mol. The van der Waals surface area contributed by atoms with Gasteiger partial charge in [-0.2, -0.15) is 0 Å². The highest BCUT2D eigenvalue weighted by molar-refractivity contribution is 5.69. The van der Waals surface area contributed by atoms with Crippen molar-refractivity contribution in [1.29, 1.82) is 0 Å². The highest BCUT2D eigenvalue weighted by Gasteiger charge is 1.99. The third kappa shape index (κ3) is 4.08. The van der Waals surface area contributed by atoms with Gasteiger partial charge in [0.15, 0.2) is 0 Å². The summed E-state index contributed by atoms with van der Waals surface area (Å²) >= 11 is 0. The molecule has 4 N–H and O–H groups in total. The van der Waals surface area contributed by atoms with E-state index in [1.165, 1.54) is 0 Å². The molecule has 0 heterocycles. The molecule has 4 nitrogen and oxygen atoms in total. The van der Waals surface area contributed by atoms with Gasteiger partial charge in [-0.15, -0.1) is 0 Å². The third-order valence-electron chi connectivity index (χ3n) is 2.34. The molecule has 0 radical (unpaired) electrons. The van der Waals surface area contributed by atoms with Gasteiger partial charge in [0, 0.05) is 13.2 Å². The van der Waals surface area contributed by atoms with Crippen molar-refractivity contribution in [3.8, 4) is 0 Å². The van der Waals surface area contributed by atoms with E-state index in [1.807, 2.05) is 25.1 Å². The van der Waals surface area contributed by atoms with Gasteiger partial charge in [0.1, 0.15) is 0 Å². The summed E-state index contributed by atoms with van der Waals surface area (Å²) in [5.41, 5.74) is 8.78. The maximum absolute atomic E-state index is 8.51. The van der Waals surface area contributed by atoms with Gasteiger partial charge in [-0.3, -0.25) is 0 Å². The Labute approximate surface area is 96.4 Å². The van der Waals surface area contributed by atoms with E-state index in [0.717, 1.165) is 29.9 Å². The van der Waals surface area contributed by atoms with Crippen LogP contribution in [-0.4, -0.2) is 31.5 Å². The molecule has 0 bridgehead atoms. The summed E-state index contributed by atoms with van der Waals surface area (Å²) in [6.07, 6.45) is 0.896. The number of hydrogen-bond acceptors (Lipinski definition) is 4. The van der Waals surface area contributed by atoms with Crippen LogP contribution in [0, 0.1) is 6.92 Å². The van der Waals surface area contributed by atoms with Gasteiger partial charge in [-0.05, 0) is 25.0 Å². The number of benzene rings is 1. The molecule has 90 valence electrons. The molecule has 0 saturated heterocycles. The van der Waals surface area contributed by atoms with Gasteiger partial charge in [0.2, 0.25) is 0 Å². The number of rotatable bonds is 7. The SMILES string of the molecule is Cc1cccc(NCCCOCCO)c1N. The third-order valence-corrected chi connectivity index (χ3v) is 2.34. The molecule has 16 heavy (non-hydrogen) atoms. The summed E-state index contributed by atoms with van der Waals surface area (Å²) < 4.78 is 5.15. The molecule has 0 saturated carbocycles. The summed E-state index contributed by atoms with van der Waals surface area (Å²) in [5.74, 6) is 0. The Kier molecular flexibility index (Phi) is 5.67. The molecule has 1 aromatic carbocycles. The molecule has 1 aromatic rings. The van der Waals surface area contributed by atoms with Crippen LogP contribution in [0.2, 0.25) is 0 Å². The van der Waals surface area contributed by atoms with Crippen molar-refractivity contribution in [2.45, 2.75) is 13.3 Å². The number of nitrogen functional groups attached to an aromatic ring is 1. The number of aliphatic hydroxyl groups is 1. The summed E-state index contributed by atoms with van der Waals surface area (Å²) in [6, 6.07) is 5.94. The molecule has 0 aliphatic heterocycles. The summed E-state index contributed by atoms with van der Waals surface area (Å²) in [6.45, 7) is 3.95. The maximum Gasteiger partial charge on any atom is 0.0697 e. The van der Waals surface area contributed by atoms with E-state index >= 15 is 0 Å². The van der Waals surface area contributed by atoms with Gasteiger partial charge in [0.25, 0.3) is 0 Å². The lowest BCUT2D eigenvalue weighted by atomic mass is 10.2. The van der Waals surface area contributed by atoms with Crippen LogP contribution < -0.4 is 11.1 Å². The average Bonchev–Trinajstić information content (AvgIpc) is 2.29. The quantitative estimate of drug-likeness (QED) is 0.483. The predicted molar refractivity (Wildman–Crippen MR) is 66.6 cm³/mol. The normalized spacial score (nSPS) is 10.4. The van der Waals surface area contributed by atoms with Crippen LogP contribution >= 0.6 is 0 Å². The molecule has 0 amide bonds. The summed E-state index contributed by atoms with van der Waals surface area (Å²) in [4.78, 5) is 0. The molecular weight excluding hydrogens is 204 g/mol.